The third-order valence-corrected chi connectivity index (χ3v) is 6.41. The summed E-state index contributed by atoms with van der Waals surface area (Å²) in [6.45, 7) is 7.30. The fourth-order valence-electron chi connectivity index (χ4n) is 4.46. The molecule has 182 valence electrons. The molecule has 1 atom stereocenters. The van der Waals surface area contributed by atoms with E-state index in [0.717, 1.165) is 60.6 Å². The van der Waals surface area contributed by atoms with Gasteiger partial charge in [-0.25, -0.2) is 4.98 Å². The number of H-pyrrole nitrogens is 1. The Morgan fingerprint density at radius 1 is 1.32 bits per heavy atom. The number of pyridine rings is 1. The summed E-state index contributed by atoms with van der Waals surface area (Å²) in [4.78, 5) is 31.2. The Morgan fingerprint density at radius 3 is 2.71 bits per heavy atom. The number of imidazole rings is 1. The highest BCUT2D eigenvalue weighted by Crippen LogP contribution is 2.28. The van der Waals surface area contributed by atoms with E-state index < -0.39 is 17.6 Å². The van der Waals surface area contributed by atoms with Crippen molar-refractivity contribution >= 4 is 17.0 Å². The molecule has 9 nitrogen and oxygen atoms in total. The van der Waals surface area contributed by atoms with E-state index in [1.165, 1.54) is 13.8 Å². The summed E-state index contributed by atoms with van der Waals surface area (Å²) in [5.41, 5.74) is 2.57. The van der Waals surface area contributed by atoms with Gasteiger partial charge in [0.1, 0.15) is 11.9 Å². The number of aryl methyl sites for hydroxylation is 1. The van der Waals surface area contributed by atoms with Crippen LogP contribution in [-0.2, 0) is 22.6 Å². The number of aliphatic carboxylic acids is 1. The molecule has 0 aliphatic carbocycles. The molecule has 4 rings (SSSR count). The van der Waals surface area contributed by atoms with Crippen molar-refractivity contribution in [1.82, 2.24) is 19.9 Å². The van der Waals surface area contributed by atoms with Crippen molar-refractivity contribution in [1.29, 1.82) is 0 Å². The molecule has 1 aliphatic heterocycles. The van der Waals surface area contributed by atoms with Crippen molar-refractivity contribution in [3.63, 3.8) is 0 Å². The second kappa shape index (κ2) is 9.69. The number of carboxylic acids is 1. The summed E-state index contributed by atoms with van der Waals surface area (Å²) in [5.74, 6) is 0.147. The van der Waals surface area contributed by atoms with Crippen LogP contribution in [0.2, 0.25) is 0 Å². The molecule has 1 saturated heterocycles. The monoisotopic (exact) mass is 468 g/mol. The number of aromatic nitrogens is 3. The van der Waals surface area contributed by atoms with Crippen LogP contribution in [0, 0.1) is 12.8 Å². The second-order valence-electron chi connectivity index (χ2n) is 9.63. The molecule has 1 aromatic carbocycles. The predicted molar refractivity (Wildman–Crippen MR) is 129 cm³/mol. The molecule has 34 heavy (non-hydrogen) atoms. The van der Waals surface area contributed by atoms with Crippen molar-refractivity contribution in [3.8, 4) is 11.4 Å². The fraction of sp³-hybridized carbons (Fsp3) is 0.480. The van der Waals surface area contributed by atoms with Crippen molar-refractivity contribution in [2.45, 2.75) is 58.3 Å². The van der Waals surface area contributed by atoms with Gasteiger partial charge in [-0.15, -0.1) is 0 Å². The van der Waals surface area contributed by atoms with E-state index in [2.05, 4.69) is 14.9 Å². The van der Waals surface area contributed by atoms with Gasteiger partial charge in [0, 0.05) is 43.6 Å². The van der Waals surface area contributed by atoms with E-state index in [0.29, 0.717) is 11.5 Å². The molecule has 0 spiro atoms. The van der Waals surface area contributed by atoms with Crippen LogP contribution in [0.25, 0.3) is 22.4 Å². The van der Waals surface area contributed by atoms with Crippen LogP contribution in [-0.4, -0.2) is 55.6 Å². The van der Waals surface area contributed by atoms with Crippen molar-refractivity contribution < 1.29 is 19.7 Å². The molecule has 3 aromatic rings. The normalized spacial score (nSPS) is 16.1. The van der Waals surface area contributed by atoms with Crippen molar-refractivity contribution in [2.75, 3.05) is 13.2 Å². The van der Waals surface area contributed by atoms with Gasteiger partial charge in [0.05, 0.1) is 16.6 Å². The Kier molecular flexibility index (Phi) is 6.88. The predicted octanol–water partition coefficient (Wildman–Crippen LogP) is 2.44. The number of fused-ring (bicyclic) bond motifs is 1. The summed E-state index contributed by atoms with van der Waals surface area (Å²) in [7, 11) is 0. The maximum atomic E-state index is 11.9. The van der Waals surface area contributed by atoms with E-state index in [9.17, 15) is 19.8 Å². The summed E-state index contributed by atoms with van der Waals surface area (Å²) < 4.78 is 7.72. The summed E-state index contributed by atoms with van der Waals surface area (Å²) in [5, 5.41) is 22.6. The van der Waals surface area contributed by atoms with Gasteiger partial charge in [-0.1, -0.05) is 6.07 Å². The number of aromatic amines is 1. The van der Waals surface area contributed by atoms with E-state index in [4.69, 9.17) is 9.72 Å². The Morgan fingerprint density at radius 2 is 2.06 bits per heavy atom. The molecular formula is C25H32N4O5. The molecule has 2 aromatic heterocycles. The molecule has 3 heterocycles. The first-order valence-corrected chi connectivity index (χ1v) is 11.6. The highest BCUT2D eigenvalue weighted by atomic mass is 16.5. The number of carbonyl (C=O) groups is 1. The first-order chi connectivity index (χ1) is 16.1. The molecule has 0 amide bonds. The molecule has 0 radical (unpaired) electrons. The number of nitrogens with one attached hydrogen (secondary N) is 2. The lowest BCUT2D eigenvalue weighted by atomic mass is 9.99. The second-order valence-corrected chi connectivity index (χ2v) is 9.63. The maximum Gasteiger partial charge on any atom is 0.323 e. The molecule has 1 unspecified atom stereocenters. The zero-order valence-electron chi connectivity index (χ0n) is 19.8. The minimum Gasteiger partial charge on any atom is -0.480 e. The van der Waals surface area contributed by atoms with Crippen molar-refractivity contribution in [2.24, 2.45) is 5.92 Å². The number of aliphatic hydroxyl groups is 1. The molecule has 0 saturated carbocycles. The van der Waals surface area contributed by atoms with Crippen LogP contribution in [0.1, 0.15) is 37.8 Å². The van der Waals surface area contributed by atoms with E-state index >= 15 is 0 Å². The van der Waals surface area contributed by atoms with Gasteiger partial charge in [-0.2, -0.15) is 0 Å². The summed E-state index contributed by atoms with van der Waals surface area (Å²) in [6.07, 6.45) is 3.67. The van der Waals surface area contributed by atoms with E-state index in [1.807, 2.05) is 24.3 Å². The average molecular weight is 469 g/mol. The van der Waals surface area contributed by atoms with Crippen LogP contribution in [0.3, 0.4) is 0 Å². The number of nitrogens with zero attached hydrogens (tertiary/aromatic N) is 2. The molecule has 9 heteroatoms. The maximum absolute atomic E-state index is 11.9. The van der Waals surface area contributed by atoms with Crippen molar-refractivity contribution in [3.05, 3.63) is 51.9 Å². The fourth-order valence-corrected chi connectivity index (χ4v) is 4.46. The topological polar surface area (TPSA) is 129 Å². The van der Waals surface area contributed by atoms with E-state index in [1.54, 1.807) is 13.1 Å². The quantitative estimate of drug-likeness (QED) is 0.400. The number of hydrogen-bond donors (Lipinski definition) is 4. The number of benzene rings is 1. The highest BCUT2D eigenvalue weighted by molar-refractivity contribution is 5.81. The lowest BCUT2D eigenvalue weighted by Crippen LogP contribution is -2.51. The third kappa shape index (κ3) is 5.22. The van der Waals surface area contributed by atoms with Gasteiger partial charge < -0.3 is 24.5 Å². The van der Waals surface area contributed by atoms with Gasteiger partial charge >= 0.3 is 5.97 Å². The third-order valence-electron chi connectivity index (χ3n) is 6.41. The number of carboxylic acid groups (broad SMARTS) is 1. The number of ether oxygens (including phenoxy) is 1. The molecule has 0 bridgehead atoms. The van der Waals surface area contributed by atoms with Crippen LogP contribution in [0.5, 0.6) is 0 Å². The molecule has 1 aliphatic rings. The van der Waals surface area contributed by atoms with Crippen LogP contribution < -0.4 is 10.9 Å². The molecular weight excluding hydrogens is 436 g/mol. The molecule has 4 N–H and O–H groups in total. The first-order valence-electron chi connectivity index (χ1n) is 11.6. The van der Waals surface area contributed by atoms with Crippen LogP contribution >= 0.6 is 0 Å². The van der Waals surface area contributed by atoms with Gasteiger partial charge in [-0.3, -0.25) is 14.9 Å². The SMILES string of the molecule is Cc1cc(-c2nc3cc(CNC(C(=O)O)C(C)(C)O)ccc3n2CC2CCOCC2)c[nH]c1=O. The summed E-state index contributed by atoms with van der Waals surface area (Å²) >= 11 is 0. The Bertz CT molecular complexity index is 1230. The Hall–Kier alpha value is -3.01. The smallest absolute Gasteiger partial charge is 0.323 e. The largest absolute Gasteiger partial charge is 0.480 e. The van der Waals surface area contributed by atoms with Crippen LogP contribution in [0.4, 0.5) is 0 Å². The zero-order chi connectivity index (χ0) is 24.5. The standard InChI is InChI=1S/C25H32N4O5/c1-15-10-18(13-27-23(15)30)22-28-19-11-17(12-26-21(24(31)32)25(2,3)33)4-5-20(19)29(22)14-16-6-8-34-9-7-16/h4-5,10-11,13,16,21,26,33H,6-9,12,14H2,1-3H3,(H,27,30)(H,31,32). The lowest BCUT2D eigenvalue weighted by Gasteiger charge is -2.26. The Balaban J connectivity index is 1.69. The first kappa shape index (κ1) is 24.1. The highest BCUT2D eigenvalue weighted by Gasteiger charge is 2.32. The van der Waals surface area contributed by atoms with Gasteiger partial charge in [0.25, 0.3) is 5.56 Å². The minimum atomic E-state index is -1.41. The minimum absolute atomic E-state index is 0.121. The number of hydrogen-bond acceptors (Lipinski definition) is 6. The van der Waals surface area contributed by atoms with Gasteiger partial charge in [-0.05, 0) is 63.3 Å². The Labute approximate surface area is 197 Å². The average Bonchev–Trinajstić information content (AvgIpc) is 3.13. The van der Waals surface area contributed by atoms with E-state index in [-0.39, 0.29) is 12.1 Å². The lowest BCUT2D eigenvalue weighted by molar-refractivity contribution is -0.145. The summed E-state index contributed by atoms with van der Waals surface area (Å²) in [6, 6.07) is 6.63. The van der Waals surface area contributed by atoms with Crippen LogP contribution in [0.15, 0.2) is 35.3 Å². The number of rotatable bonds is 8. The molecule has 1 fully saturated rings. The van der Waals surface area contributed by atoms with Gasteiger partial charge in [0.15, 0.2) is 0 Å². The zero-order valence-corrected chi connectivity index (χ0v) is 19.8. The van der Waals surface area contributed by atoms with Gasteiger partial charge in [0.2, 0.25) is 0 Å².